The Morgan fingerprint density at radius 2 is 2.05 bits per heavy atom. The first-order valence-electron chi connectivity index (χ1n) is 6.39. The molecule has 0 saturated heterocycles. The second-order valence-electron chi connectivity index (χ2n) is 5.08. The normalized spacial score (nSPS) is 21.9. The third-order valence-electron chi connectivity index (χ3n) is 3.67. The highest BCUT2D eigenvalue weighted by molar-refractivity contribution is 5.62. The second-order valence-corrected chi connectivity index (χ2v) is 5.08. The Balaban J connectivity index is 2.11. The predicted octanol–water partition coefficient (Wildman–Crippen LogP) is 2.88. The van der Waals surface area contributed by atoms with E-state index >= 15 is 0 Å². The first kappa shape index (κ1) is 13.2. The first-order valence-corrected chi connectivity index (χ1v) is 6.39. The van der Waals surface area contributed by atoms with Crippen LogP contribution in [0, 0.1) is 18.6 Å². The van der Waals surface area contributed by atoms with Crippen LogP contribution in [0.3, 0.4) is 0 Å². The van der Waals surface area contributed by atoms with Crippen molar-refractivity contribution in [3.63, 3.8) is 0 Å². The number of fused-ring (bicyclic) bond motifs is 1. The quantitative estimate of drug-likeness (QED) is 0.873. The van der Waals surface area contributed by atoms with E-state index in [4.69, 9.17) is 5.73 Å². The first-order chi connectivity index (χ1) is 9.47. The van der Waals surface area contributed by atoms with Crippen molar-refractivity contribution in [2.45, 2.75) is 32.1 Å². The van der Waals surface area contributed by atoms with E-state index in [1.165, 1.54) is 6.07 Å². The molecule has 106 valence electrons. The number of benzene rings is 1. The van der Waals surface area contributed by atoms with Crippen LogP contribution >= 0.6 is 0 Å². The van der Waals surface area contributed by atoms with Crippen LogP contribution in [0.1, 0.15) is 24.0 Å². The summed E-state index contributed by atoms with van der Waals surface area (Å²) >= 11 is 0. The zero-order valence-electron chi connectivity index (χ0n) is 10.9. The van der Waals surface area contributed by atoms with Gasteiger partial charge in [0.2, 0.25) is 0 Å². The maximum Gasteiger partial charge on any atom is 0.159 e. The van der Waals surface area contributed by atoms with E-state index in [1.807, 2.05) is 0 Å². The summed E-state index contributed by atoms with van der Waals surface area (Å²) in [6.45, 7) is 1.98. The Hall–Kier alpha value is -1.82. The lowest BCUT2D eigenvalue weighted by atomic mass is 10.1. The van der Waals surface area contributed by atoms with Crippen LogP contribution in [0.5, 0.6) is 0 Å². The number of nitrogens with zero attached hydrogens (tertiary/aromatic N) is 2. The minimum atomic E-state index is -1.01. The molecule has 2 N–H and O–H groups in total. The molecule has 2 aromatic rings. The van der Waals surface area contributed by atoms with Crippen LogP contribution < -0.4 is 5.73 Å². The molecule has 0 amide bonds. The zero-order valence-corrected chi connectivity index (χ0v) is 10.9. The van der Waals surface area contributed by atoms with Crippen LogP contribution in [0.4, 0.5) is 13.2 Å². The second kappa shape index (κ2) is 4.63. The van der Waals surface area contributed by atoms with Gasteiger partial charge in [0.25, 0.3) is 0 Å². The van der Waals surface area contributed by atoms with Gasteiger partial charge in [-0.05, 0) is 25.1 Å². The van der Waals surface area contributed by atoms with Crippen molar-refractivity contribution in [1.29, 1.82) is 0 Å². The molecule has 1 aromatic carbocycles. The van der Waals surface area contributed by atoms with Crippen molar-refractivity contribution in [1.82, 2.24) is 9.55 Å². The number of alkyl halides is 1. The maximum absolute atomic E-state index is 13.6. The lowest BCUT2D eigenvalue weighted by Gasteiger charge is -2.23. The highest BCUT2D eigenvalue weighted by atomic mass is 19.2. The topological polar surface area (TPSA) is 43.8 Å². The molecule has 6 heteroatoms. The molecule has 1 aliphatic rings. The summed E-state index contributed by atoms with van der Waals surface area (Å²) in [7, 11) is 0. The minimum Gasteiger partial charge on any atom is -0.327 e. The number of nitrogens with two attached hydrogens (primary N) is 1. The van der Waals surface area contributed by atoms with Crippen LogP contribution in [-0.2, 0) is 6.54 Å². The summed E-state index contributed by atoms with van der Waals surface area (Å²) in [5, 5.41) is 0. The van der Waals surface area contributed by atoms with Gasteiger partial charge in [0, 0.05) is 17.7 Å². The molecule has 2 heterocycles. The lowest BCUT2D eigenvalue weighted by molar-refractivity contribution is 0.229. The molecule has 2 atom stereocenters. The van der Waals surface area contributed by atoms with Crippen LogP contribution in [0.25, 0.3) is 11.3 Å². The third-order valence-corrected chi connectivity index (χ3v) is 3.67. The summed E-state index contributed by atoms with van der Waals surface area (Å²) in [5.41, 5.74) is 7.59. The largest absolute Gasteiger partial charge is 0.327 e. The van der Waals surface area contributed by atoms with Crippen molar-refractivity contribution < 1.29 is 13.2 Å². The Kier molecular flexibility index (Phi) is 3.05. The van der Waals surface area contributed by atoms with E-state index in [9.17, 15) is 13.2 Å². The van der Waals surface area contributed by atoms with E-state index in [-0.39, 0.29) is 13.0 Å². The monoisotopic (exact) mass is 281 g/mol. The van der Waals surface area contributed by atoms with Gasteiger partial charge < -0.3 is 10.3 Å². The molecule has 0 aliphatic carbocycles. The van der Waals surface area contributed by atoms with Gasteiger partial charge in [0.1, 0.15) is 12.0 Å². The summed E-state index contributed by atoms with van der Waals surface area (Å²) < 4.78 is 41.6. The number of aromatic nitrogens is 2. The summed E-state index contributed by atoms with van der Waals surface area (Å²) in [5.74, 6) is -1.24. The molecule has 2 unspecified atom stereocenters. The number of rotatable bonds is 1. The fourth-order valence-corrected chi connectivity index (χ4v) is 2.64. The predicted molar refractivity (Wildman–Crippen MR) is 68.8 cm³/mol. The van der Waals surface area contributed by atoms with Gasteiger partial charge in [-0.3, -0.25) is 0 Å². The molecular formula is C14H14F3N3. The Morgan fingerprint density at radius 1 is 1.30 bits per heavy atom. The molecule has 3 rings (SSSR count). The molecule has 3 nitrogen and oxygen atoms in total. The molecule has 1 aliphatic heterocycles. The molecule has 20 heavy (non-hydrogen) atoms. The minimum absolute atomic E-state index is 0.200. The van der Waals surface area contributed by atoms with Crippen molar-refractivity contribution in [2.75, 3.05) is 0 Å². The van der Waals surface area contributed by atoms with Gasteiger partial charge in [-0.1, -0.05) is 0 Å². The molecule has 0 fully saturated rings. The van der Waals surface area contributed by atoms with E-state index in [0.717, 1.165) is 12.1 Å². The van der Waals surface area contributed by atoms with Crippen molar-refractivity contribution in [3.8, 4) is 11.3 Å². The third kappa shape index (κ3) is 2.00. The van der Waals surface area contributed by atoms with Crippen molar-refractivity contribution >= 4 is 0 Å². The van der Waals surface area contributed by atoms with Crippen LogP contribution in [-0.4, -0.2) is 15.7 Å². The van der Waals surface area contributed by atoms with Crippen LogP contribution in [0.15, 0.2) is 18.2 Å². The lowest BCUT2D eigenvalue weighted by Crippen LogP contribution is -2.30. The van der Waals surface area contributed by atoms with Gasteiger partial charge in [-0.15, -0.1) is 0 Å². The highest BCUT2D eigenvalue weighted by Crippen LogP contribution is 2.32. The molecule has 1 aromatic heterocycles. The number of imidazole rings is 1. The smallest absolute Gasteiger partial charge is 0.159 e. The molecular weight excluding hydrogens is 267 g/mol. The molecule has 0 radical (unpaired) electrons. The van der Waals surface area contributed by atoms with Crippen molar-refractivity contribution in [3.05, 3.63) is 41.4 Å². The number of hydrogen-bond donors (Lipinski definition) is 1. The molecule has 0 saturated carbocycles. The number of hydrogen-bond acceptors (Lipinski definition) is 2. The average Bonchev–Trinajstić information content (AvgIpc) is 2.71. The summed E-state index contributed by atoms with van der Waals surface area (Å²) in [6.07, 6.45) is -0.781. The van der Waals surface area contributed by atoms with Gasteiger partial charge in [-0.2, -0.15) is 0 Å². The van der Waals surface area contributed by atoms with E-state index in [1.54, 1.807) is 11.5 Å². The van der Waals surface area contributed by atoms with Gasteiger partial charge in [-0.25, -0.2) is 18.2 Å². The molecule has 0 spiro atoms. The SMILES string of the molecule is Cc1c(-c2ccc(F)c(F)c2)nc2n1CC(F)CC2N. The Labute approximate surface area is 114 Å². The maximum atomic E-state index is 13.6. The van der Waals surface area contributed by atoms with E-state index < -0.39 is 23.8 Å². The summed E-state index contributed by atoms with van der Waals surface area (Å²) in [6, 6.07) is 3.13. The number of halogens is 3. The molecule has 0 bridgehead atoms. The van der Waals surface area contributed by atoms with Gasteiger partial charge in [0.15, 0.2) is 11.6 Å². The van der Waals surface area contributed by atoms with Crippen molar-refractivity contribution in [2.24, 2.45) is 5.73 Å². The van der Waals surface area contributed by atoms with Gasteiger partial charge in [0.05, 0.1) is 18.3 Å². The van der Waals surface area contributed by atoms with E-state index in [0.29, 0.717) is 22.8 Å². The van der Waals surface area contributed by atoms with E-state index in [2.05, 4.69) is 4.98 Å². The fraction of sp³-hybridized carbons (Fsp3) is 0.357. The fourth-order valence-electron chi connectivity index (χ4n) is 2.64. The average molecular weight is 281 g/mol. The standard InChI is InChI=1S/C14H14F3N3/c1-7-13(8-2-3-10(16)11(17)4-8)19-14-12(18)5-9(15)6-20(7)14/h2-4,9,12H,5-6,18H2,1H3. The zero-order chi connectivity index (χ0) is 14.4. The highest BCUT2D eigenvalue weighted by Gasteiger charge is 2.29. The Bertz CT molecular complexity index is 666. The summed E-state index contributed by atoms with van der Waals surface area (Å²) in [4.78, 5) is 4.39. The van der Waals surface area contributed by atoms with Gasteiger partial charge >= 0.3 is 0 Å². The van der Waals surface area contributed by atoms with Crippen LogP contribution in [0.2, 0.25) is 0 Å². The Morgan fingerprint density at radius 3 is 2.75 bits per heavy atom.